The van der Waals surface area contributed by atoms with Gasteiger partial charge in [-0.1, -0.05) is 0 Å². The number of imide groups is 1. The van der Waals surface area contributed by atoms with Gasteiger partial charge in [0.2, 0.25) is 11.8 Å². The van der Waals surface area contributed by atoms with Crippen molar-refractivity contribution in [1.82, 2.24) is 4.90 Å². The largest absolute Gasteiger partial charge is 0.454 e. The molecule has 4 rings (SSSR count). The van der Waals surface area contributed by atoms with Gasteiger partial charge in [-0.25, -0.2) is 0 Å². The lowest BCUT2D eigenvalue weighted by molar-refractivity contribution is -0.154. The maximum absolute atomic E-state index is 12.6. The first-order chi connectivity index (χ1) is 13.8. The summed E-state index contributed by atoms with van der Waals surface area (Å²) in [7, 11) is 0. The molecule has 3 fully saturated rings. The number of nitrogens with one attached hydrogen (secondary N) is 1. The minimum Gasteiger partial charge on any atom is -0.454 e. The molecule has 152 valence electrons. The van der Waals surface area contributed by atoms with Crippen molar-refractivity contribution in [1.29, 1.82) is 0 Å². The minimum absolute atomic E-state index is 0.0834. The van der Waals surface area contributed by atoms with Gasteiger partial charge in [0.1, 0.15) is 6.54 Å². The third-order valence-electron chi connectivity index (χ3n) is 6.25. The summed E-state index contributed by atoms with van der Waals surface area (Å²) in [5.41, 5.74) is 0.983. The molecule has 1 aromatic carbocycles. The quantitative estimate of drug-likeness (QED) is 0.441. The van der Waals surface area contributed by atoms with E-state index in [0.29, 0.717) is 11.3 Å². The Bertz CT molecular complexity index is 865. The Kier molecular flexibility index (Phi) is 4.94. The highest BCUT2D eigenvalue weighted by Crippen LogP contribution is 2.56. The Balaban J connectivity index is 1.27. The van der Waals surface area contributed by atoms with Gasteiger partial charge in [0.05, 0.1) is 11.8 Å². The number of Topliss-reactive ketones (excluding diaryl/α,β-unsaturated/α-hetero) is 1. The number of nitrogens with zero attached hydrogens (tertiary/aromatic N) is 1. The monoisotopic (exact) mass is 398 g/mol. The fraction of sp³-hybridized carbons (Fsp3) is 0.476. The van der Waals surface area contributed by atoms with Gasteiger partial charge >= 0.3 is 5.97 Å². The fourth-order valence-corrected chi connectivity index (χ4v) is 4.93. The highest BCUT2D eigenvalue weighted by molar-refractivity contribution is 6.08. The number of anilines is 1. The van der Waals surface area contributed by atoms with Crippen LogP contribution in [0.15, 0.2) is 24.3 Å². The molecule has 8 nitrogen and oxygen atoms in total. The second-order valence-corrected chi connectivity index (χ2v) is 7.99. The molecule has 0 radical (unpaired) electrons. The van der Waals surface area contributed by atoms with E-state index in [4.69, 9.17) is 4.74 Å². The van der Waals surface area contributed by atoms with Gasteiger partial charge in [0.15, 0.2) is 12.4 Å². The van der Waals surface area contributed by atoms with Crippen molar-refractivity contribution in [2.45, 2.75) is 26.2 Å². The predicted molar refractivity (Wildman–Crippen MR) is 101 cm³/mol. The van der Waals surface area contributed by atoms with E-state index in [1.54, 1.807) is 24.3 Å². The van der Waals surface area contributed by atoms with Crippen LogP contribution >= 0.6 is 0 Å². The number of benzene rings is 1. The molecule has 1 aliphatic heterocycles. The van der Waals surface area contributed by atoms with Gasteiger partial charge in [-0.15, -0.1) is 0 Å². The third kappa shape index (κ3) is 3.54. The van der Waals surface area contributed by atoms with Gasteiger partial charge in [0.25, 0.3) is 5.91 Å². The number of hydrogen-bond donors (Lipinski definition) is 1. The number of amides is 3. The summed E-state index contributed by atoms with van der Waals surface area (Å²) < 4.78 is 4.94. The van der Waals surface area contributed by atoms with E-state index in [0.717, 1.165) is 24.2 Å². The van der Waals surface area contributed by atoms with Crippen LogP contribution in [-0.2, 0) is 23.9 Å². The lowest BCUT2D eigenvalue weighted by atomic mass is 9.81. The molecular weight excluding hydrogens is 376 g/mol. The maximum Gasteiger partial charge on any atom is 0.326 e. The first-order valence-electron chi connectivity index (χ1n) is 9.77. The Hall–Kier alpha value is -3.03. The van der Waals surface area contributed by atoms with E-state index in [1.165, 1.54) is 6.92 Å². The van der Waals surface area contributed by atoms with Crippen LogP contribution in [0.1, 0.15) is 36.5 Å². The van der Waals surface area contributed by atoms with E-state index in [2.05, 4.69) is 5.32 Å². The molecule has 2 aliphatic carbocycles. The van der Waals surface area contributed by atoms with Crippen LogP contribution in [0, 0.1) is 23.7 Å². The van der Waals surface area contributed by atoms with E-state index in [-0.39, 0.29) is 41.3 Å². The molecule has 1 heterocycles. The minimum atomic E-state index is -0.791. The summed E-state index contributed by atoms with van der Waals surface area (Å²) in [5.74, 6) is -2.04. The highest BCUT2D eigenvalue weighted by atomic mass is 16.5. The molecule has 0 unspecified atom stereocenters. The summed E-state index contributed by atoms with van der Waals surface area (Å²) in [4.78, 5) is 61.4. The van der Waals surface area contributed by atoms with E-state index in [1.807, 2.05) is 0 Å². The number of carbonyl (C=O) groups excluding carboxylic acids is 5. The first kappa shape index (κ1) is 19.3. The molecule has 0 spiro atoms. The Morgan fingerprint density at radius 3 is 2.17 bits per heavy atom. The lowest BCUT2D eigenvalue weighted by Gasteiger charge is -2.19. The molecule has 2 saturated carbocycles. The SMILES string of the molecule is CC(=O)c1ccc(NC(=O)COC(=O)CN2C(=O)[C@@H]3[C@H]4CC[C@@H](C4)[C@@H]3C2=O)cc1. The highest BCUT2D eigenvalue weighted by Gasteiger charge is 2.61. The average molecular weight is 398 g/mol. The lowest BCUT2D eigenvalue weighted by Crippen LogP contribution is -2.38. The Morgan fingerprint density at radius 2 is 1.62 bits per heavy atom. The Morgan fingerprint density at radius 1 is 1.03 bits per heavy atom. The number of likely N-dealkylation sites (tertiary alicyclic amines) is 1. The van der Waals surface area contributed by atoms with E-state index >= 15 is 0 Å². The number of fused-ring (bicyclic) bond motifs is 5. The van der Waals surface area contributed by atoms with Gasteiger partial charge in [-0.3, -0.25) is 28.9 Å². The first-order valence-corrected chi connectivity index (χ1v) is 9.77. The van der Waals surface area contributed by atoms with Crippen molar-refractivity contribution in [2.75, 3.05) is 18.5 Å². The molecule has 1 saturated heterocycles. The van der Waals surface area contributed by atoms with Crippen molar-refractivity contribution in [3.05, 3.63) is 29.8 Å². The van der Waals surface area contributed by atoms with Crippen molar-refractivity contribution in [3.63, 3.8) is 0 Å². The molecule has 3 amide bonds. The number of carbonyl (C=O) groups is 5. The molecule has 1 N–H and O–H groups in total. The van der Waals surface area contributed by atoms with Gasteiger partial charge in [-0.2, -0.15) is 0 Å². The number of esters is 1. The zero-order valence-electron chi connectivity index (χ0n) is 16.1. The summed E-state index contributed by atoms with van der Waals surface area (Å²) >= 11 is 0. The molecule has 4 atom stereocenters. The van der Waals surface area contributed by atoms with Gasteiger partial charge < -0.3 is 10.1 Å². The smallest absolute Gasteiger partial charge is 0.326 e. The van der Waals surface area contributed by atoms with Gasteiger partial charge in [0, 0.05) is 11.3 Å². The van der Waals surface area contributed by atoms with Crippen molar-refractivity contribution >= 4 is 35.2 Å². The van der Waals surface area contributed by atoms with Crippen molar-refractivity contribution < 1.29 is 28.7 Å². The molecule has 2 bridgehead atoms. The average Bonchev–Trinajstić information content (AvgIpc) is 3.37. The third-order valence-corrected chi connectivity index (χ3v) is 6.25. The molecule has 1 aromatic rings. The van der Waals surface area contributed by atoms with Crippen LogP contribution in [0.2, 0.25) is 0 Å². The van der Waals surface area contributed by atoms with Crippen LogP contribution in [0.5, 0.6) is 0 Å². The fourth-order valence-electron chi connectivity index (χ4n) is 4.93. The van der Waals surface area contributed by atoms with Crippen LogP contribution in [-0.4, -0.2) is 47.5 Å². The summed E-state index contributed by atoms with van der Waals surface area (Å²) in [6, 6.07) is 6.31. The van der Waals surface area contributed by atoms with E-state index < -0.39 is 25.0 Å². The number of ketones is 1. The predicted octanol–water partition coefficient (Wildman–Crippen LogP) is 1.40. The second kappa shape index (κ2) is 7.42. The van der Waals surface area contributed by atoms with Crippen LogP contribution in [0.4, 0.5) is 5.69 Å². The maximum atomic E-state index is 12.6. The summed E-state index contributed by atoms with van der Waals surface area (Å²) in [6.45, 7) is 0.465. The molecule has 0 aromatic heterocycles. The van der Waals surface area contributed by atoms with Crippen LogP contribution in [0.25, 0.3) is 0 Å². The summed E-state index contributed by atoms with van der Waals surface area (Å²) in [5, 5.41) is 2.55. The topological polar surface area (TPSA) is 110 Å². The summed E-state index contributed by atoms with van der Waals surface area (Å²) in [6.07, 6.45) is 2.87. The van der Waals surface area contributed by atoms with Crippen molar-refractivity contribution in [3.8, 4) is 0 Å². The second-order valence-electron chi connectivity index (χ2n) is 7.99. The zero-order chi connectivity index (χ0) is 20.7. The van der Waals surface area contributed by atoms with Crippen LogP contribution < -0.4 is 5.32 Å². The Labute approximate surface area is 167 Å². The number of hydrogen-bond acceptors (Lipinski definition) is 6. The van der Waals surface area contributed by atoms with E-state index in [9.17, 15) is 24.0 Å². The van der Waals surface area contributed by atoms with Crippen LogP contribution in [0.3, 0.4) is 0 Å². The molecular formula is C21H22N2O6. The van der Waals surface area contributed by atoms with Crippen molar-refractivity contribution in [2.24, 2.45) is 23.7 Å². The standard InChI is InChI=1S/C21H22N2O6/c1-11(24)12-4-6-15(7-5-12)22-16(25)10-29-17(26)9-23-20(27)18-13-2-3-14(8-13)19(18)21(23)28/h4-7,13-14,18-19H,2-3,8-10H2,1H3,(H,22,25)/t13-,14-,18-,19+/m0/s1. The zero-order valence-corrected chi connectivity index (χ0v) is 16.1. The normalized spacial score (nSPS) is 27.1. The molecule has 8 heteroatoms. The molecule has 3 aliphatic rings. The number of ether oxygens (including phenoxy) is 1. The number of rotatable bonds is 6. The van der Waals surface area contributed by atoms with Gasteiger partial charge in [-0.05, 0) is 62.3 Å². The molecule has 29 heavy (non-hydrogen) atoms.